The fourth-order valence-electron chi connectivity index (χ4n) is 3.71. The number of halogens is 5. The Balaban J connectivity index is 1.63. The van der Waals surface area contributed by atoms with E-state index >= 15 is 0 Å². The topological polar surface area (TPSA) is 69.2 Å². The molecule has 4 rings (SSSR count). The minimum Gasteiger partial charge on any atom is -0.341 e. The van der Waals surface area contributed by atoms with Gasteiger partial charge in [-0.3, -0.25) is 10.9 Å². The fraction of sp³-hybridized carbons (Fsp3) is 0.526. The van der Waals surface area contributed by atoms with Gasteiger partial charge < -0.3 is 9.80 Å². The number of hydrogen-bond acceptors (Lipinski definition) is 7. The van der Waals surface area contributed by atoms with E-state index in [0.29, 0.717) is 11.9 Å². The zero-order valence-electron chi connectivity index (χ0n) is 16.7. The summed E-state index contributed by atoms with van der Waals surface area (Å²) in [6, 6.07) is 0. The highest BCUT2D eigenvalue weighted by molar-refractivity contribution is 5.53. The molecule has 168 valence electrons. The van der Waals surface area contributed by atoms with Crippen LogP contribution in [-0.4, -0.2) is 41.1 Å². The summed E-state index contributed by atoms with van der Waals surface area (Å²) in [6.45, 7) is 3.03. The number of aromatic nitrogens is 3. The van der Waals surface area contributed by atoms with Crippen LogP contribution in [0.5, 0.6) is 0 Å². The van der Waals surface area contributed by atoms with Crippen molar-refractivity contribution < 1.29 is 22.0 Å². The summed E-state index contributed by atoms with van der Waals surface area (Å²) in [4.78, 5) is 17.1. The first-order valence-electron chi connectivity index (χ1n) is 10.2. The molecular weight excluding hydrogens is 421 g/mol. The molecule has 0 aliphatic carbocycles. The van der Waals surface area contributed by atoms with Crippen molar-refractivity contribution in [2.45, 2.75) is 38.5 Å². The van der Waals surface area contributed by atoms with E-state index in [2.05, 4.69) is 20.4 Å². The van der Waals surface area contributed by atoms with Crippen LogP contribution in [0.3, 0.4) is 0 Å². The van der Waals surface area contributed by atoms with Crippen LogP contribution < -0.4 is 20.7 Å². The lowest BCUT2D eigenvalue weighted by Crippen LogP contribution is -2.34. The SMILES string of the molecule is Fc1c(F)c(F)c(NNc2nc(N3CCCCC3)nc(N3CCCCC3)n2)c(F)c1F. The maximum atomic E-state index is 14.0. The van der Waals surface area contributed by atoms with Gasteiger partial charge in [0, 0.05) is 26.2 Å². The van der Waals surface area contributed by atoms with Crippen LogP contribution in [0.2, 0.25) is 0 Å². The largest absolute Gasteiger partial charge is 0.341 e. The summed E-state index contributed by atoms with van der Waals surface area (Å²) in [7, 11) is 0. The number of piperidine rings is 2. The second-order valence-electron chi connectivity index (χ2n) is 7.55. The molecule has 0 atom stereocenters. The van der Waals surface area contributed by atoms with Crippen LogP contribution in [0.1, 0.15) is 38.5 Å². The van der Waals surface area contributed by atoms with Crippen molar-refractivity contribution in [1.82, 2.24) is 15.0 Å². The number of rotatable bonds is 5. The van der Waals surface area contributed by atoms with Gasteiger partial charge in [0.25, 0.3) is 0 Å². The van der Waals surface area contributed by atoms with Gasteiger partial charge in [-0.2, -0.15) is 15.0 Å². The van der Waals surface area contributed by atoms with Gasteiger partial charge in [0.2, 0.25) is 23.7 Å². The summed E-state index contributed by atoms with van der Waals surface area (Å²) >= 11 is 0. The van der Waals surface area contributed by atoms with Crippen LogP contribution in [0.4, 0.5) is 45.5 Å². The van der Waals surface area contributed by atoms with Crippen LogP contribution in [0.15, 0.2) is 0 Å². The maximum Gasteiger partial charge on any atom is 0.248 e. The molecule has 2 aliphatic heterocycles. The predicted octanol–water partition coefficient (Wildman–Crippen LogP) is 3.99. The molecule has 2 fully saturated rings. The molecule has 0 radical (unpaired) electrons. The summed E-state index contributed by atoms with van der Waals surface area (Å²) in [5.41, 5.74) is 3.19. The van der Waals surface area contributed by atoms with Crippen molar-refractivity contribution in [2.24, 2.45) is 0 Å². The van der Waals surface area contributed by atoms with E-state index in [1.807, 2.05) is 15.2 Å². The molecule has 1 aromatic heterocycles. The molecular formula is C19H22F5N7. The summed E-state index contributed by atoms with van der Waals surface area (Å²) in [5.74, 6) is -9.55. The van der Waals surface area contributed by atoms with Crippen LogP contribution >= 0.6 is 0 Å². The van der Waals surface area contributed by atoms with Gasteiger partial charge in [0.05, 0.1) is 0 Å². The normalized spacial score (nSPS) is 17.1. The minimum absolute atomic E-state index is 0.0833. The van der Waals surface area contributed by atoms with E-state index in [1.165, 1.54) is 0 Å². The Hall–Kier alpha value is -2.92. The number of anilines is 4. The van der Waals surface area contributed by atoms with Gasteiger partial charge in [-0.05, 0) is 38.5 Å². The number of benzene rings is 1. The maximum absolute atomic E-state index is 14.0. The Morgan fingerprint density at radius 1 is 0.516 bits per heavy atom. The first-order valence-corrected chi connectivity index (χ1v) is 10.2. The van der Waals surface area contributed by atoms with E-state index in [-0.39, 0.29) is 5.95 Å². The highest BCUT2D eigenvalue weighted by Gasteiger charge is 2.26. The molecule has 0 spiro atoms. The third kappa shape index (κ3) is 4.42. The Labute approximate surface area is 175 Å². The number of nitrogens with one attached hydrogen (secondary N) is 2. The molecule has 2 aromatic rings. The zero-order chi connectivity index (χ0) is 22.0. The van der Waals surface area contributed by atoms with Crippen molar-refractivity contribution >= 4 is 23.5 Å². The summed E-state index contributed by atoms with van der Waals surface area (Å²) < 4.78 is 68.1. The monoisotopic (exact) mass is 443 g/mol. The molecule has 31 heavy (non-hydrogen) atoms. The molecule has 0 unspecified atom stereocenters. The van der Waals surface area contributed by atoms with Gasteiger partial charge >= 0.3 is 0 Å². The van der Waals surface area contributed by atoms with Crippen LogP contribution in [-0.2, 0) is 0 Å². The number of hydrazine groups is 1. The van der Waals surface area contributed by atoms with Gasteiger partial charge in [-0.25, -0.2) is 22.0 Å². The standard InChI is InChI=1S/C19H22F5N7/c20-11-12(21)14(23)16(15(24)13(11)22)28-29-17-25-18(30-7-3-1-4-8-30)27-19(26-17)31-9-5-2-6-10-31/h28H,1-10H2,(H,25,26,27,29). The lowest BCUT2D eigenvalue weighted by molar-refractivity contribution is 0.381. The molecule has 0 amide bonds. The van der Waals surface area contributed by atoms with Gasteiger partial charge in [-0.15, -0.1) is 0 Å². The molecule has 3 heterocycles. The summed E-state index contributed by atoms with van der Waals surface area (Å²) in [6.07, 6.45) is 6.14. The average molecular weight is 443 g/mol. The quantitative estimate of drug-likeness (QED) is 0.314. The first-order chi connectivity index (χ1) is 15.0. The number of nitrogens with zero attached hydrogens (tertiary/aromatic N) is 5. The Morgan fingerprint density at radius 3 is 1.39 bits per heavy atom. The van der Waals surface area contributed by atoms with E-state index < -0.39 is 34.8 Å². The highest BCUT2D eigenvalue weighted by Crippen LogP contribution is 2.28. The Kier molecular flexibility index (Phi) is 6.23. The lowest BCUT2D eigenvalue weighted by Gasteiger charge is -2.30. The minimum atomic E-state index is -2.22. The van der Waals surface area contributed by atoms with Crippen molar-refractivity contribution in [1.29, 1.82) is 0 Å². The van der Waals surface area contributed by atoms with Crippen molar-refractivity contribution in [3.8, 4) is 0 Å². The molecule has 2 aliphatic rings. The van der Waals surface area contributed by atoms with Crippen molar-refractivity contribution in [2.75, 3.05) is 46.8 Å². The molecule has 7 nitrogen and oxygen atoms in total. The molecule has 12 heteroatoms. The second kappa shape index (κ2) is 9.06. The third-order valence-electron chi connectivity index (χ3n) is 5.40. The molecule has 2 saturated heterocycles. The van der Waals surface area contributed by atoms with Gasteiger partial charge in [0.15, 0.2) is 23.3 Å². The molecule has 2 N–H and O–H groups in total. The van der Waals surface area contributed by atoms with Crippen molar-refractivity contribution in [3.63, 3.8) is 0 Å². The summed E-state index contributed by atoms with van der Waals surface area (Å²) in [5, 5.41) is 0. The first kappa shape index (κ1) is 21.3. The van der Waals surface area contributed by atoms with Crippen LogP contribution in [0.25, 0.3) is 0 Å². The van der Waals surface area contributed by atoms with Crippen molar-refractivity contribution in [3.05, 3.63) is 29.1 Å². The lowest BCUT2D eigenvalue weighted by atomic mass is 10.1. The van der Waals surface area contributed by atoms with E-state index in [0.717, 1.165) is 64.7 Å². The number of hydrogen-bond donors (Lipinski definition) is 2. The Bertz CT molecular complexity index is 880. The third-order valence-corrected chi connectivity index (χ3v) is 5.40. The highest BCUT2D eigenvalue weighted by atomic mass is 19.2. The van der Waals surface area contributed by atoms with Gasteiger partial charge in [-0.1, -0.05) is 0 Å². The van der Waals surface area contributed by atoms with Gasteiger partial charge in [0.1, 0.15) is 5.69 Å². The fourth-order valence-corrected chi connectivity index (χ4v) is 3.71. The predicted molar refractivity (Wildman–Crippen MR) is 105 cm³/mol. The second-order valence-corrected chi connectivity index (χ2v) is 7.55. The Morgan fingerprint density at radius 2 is 0.935 bits per heavy atom. The van der Waals surface area contributed by atoms with E-state index in [4.69, 9.17) is 0 Å². The molecule has 0 bridgehead atoms. The van der Waals surface area contributed by atoms with E-state index in [1.54, 1.807) is 0 Å². The average Bonchev–Trinajstić information content (AvgIpc) is 2.82. The smallest absolute Gasteiger partial charge is 0.248 e. The zero-order valence-corrected chi connectivity index (χ0v) is 16.7. The van der Waals surface area contributed by atoms with E-state index in [9.17, 15) is 22.0 Å². The molecule has 1 aromatic carbocycles. The molecule has 0 saturated carbocycles. The van der Waals surface area contributed by atoms with Crippen LogP contribution in [0, 0.1) is 29.1 Å².